The molecule has 2 rings (SSSR count). The van der Waals surface area contributed by atoms with Crippen LogP contribution in [0.1, 0.15) is 18.4 Å². The molecule has 1 fully saturated rings. The van der Waals surface area contributed by atoms with E-state index in [4.69, 9.17) is 12.2 Å². The molecule has 0 aromatic heterocycles. The van der Waals surface area contributed by atoms with Gasteiger partial charge in [-0.1, -0.05) is 61.2 Å². The van der Waals surface area contributed by atoms with Gasteiger partial charge >= 0.3 is 0 Å². The molecule has 1 amide bonds. The lowest BCUT2D eigenvalue weighted by atomic mass is 10.0. The molecule has 0 saturated carbocycles. The minimum absolute atomic E-state index is 0.137. The second-order valence-corrected chi connectivity index (χ2v) is 5.48. The van der Waals surface area contributed by atoms with E-state index in [1.165, 1.54) is 17.3 Å². The molecule has 1 unspecified atom stereocenters. The Morgan fingerprint density at radius 1 is 1.44 bits per heavy atom. The summed E-state index contributed by atoms with van der Waals surface area (Å²) in [5.41, 5.74) is 1.25. The van der Waals surface area contributed by atoms with Gasteiger partial charge in [-0.3, -0.25) is 9.69 Å². The van der Waals surface area contributed by atoms with Crippen LogP contribution in [0.2, 0.25) is 0 Å². The summed E-state index contributed by atoms with van der Waals surface area (Å²) in [5, 5.41) is 0. The van der Waals surface area contributed by atoms with Gasteiger partial charge in [-0.05, 0) is 11.5 Å². The number of nitrogens with zero attached hydrogens (tertiary/aromatic N) is 1. The Balaban J connectivity index is 2.05. The van der Waals surface area contributed by atoms with E-state index in [9.17, 15) is 4.79 Å². The lowest BCUT2D eigenvalue weighted by molar-refractivity contribution is -0.124. The molecule has 1 saturated heterocycles. The zero-order chi connectivity index (χ0) is 11.5. The van der Waals surface area contributed by atoms with E-state index < -0.39 is 0 Å². The summed E-state index contributed by atoms with van der Waals surface area (Å²) < 4.78 is 0.716. The lowest BCUT2D eigenvalue weighted by Crippen LogP contribution is -2.32. The lowest BCUT2D eigenvalue weighted by Gasteiger charge is -2.20. The Hall–Kier alpha value is -0.870. The minimum atomic E-state index is 0.137. The van der Waals surface area contributed by atoms with Crippen molar-refractivity contribution in [2.45, 2.75) is 12.8 Å². The molecular weight excluding hydrogens is 238 g/mol. The van der Waals surface area contributed by atoms with E-state index in [2.05, 4.69) is 19.1 Å². The van der Waals surface area contributed by atoms with Crippen LogP contribution < -0.4 is 0 Å². The first kappa shape index (κ1) is 11.6. The number of benzene rings is 1. The molecule has 0 spiro atoms. The van der Waals surface area contributed by atoms with Crippen molar-refractivity contribution in [2.75, 3.05) is 12.3 Å². The number of hydrogen-bond donors (Lipinski definition) is 0. The highest BCUT2D eigenvalue weighted by atomic mass is 32.2. The van der Waals surface area contributed by atoms with Gasteiger partial charge in [0.05, 0.1) is 5.75 Å². The van der Waals surface area contributed by atoms with Crippen molar-refractivity contribution in [3.63, 3.8) is 0 Å². The summed E-state index contributed by atoms with van der Waals surface area (Å²) in [6.45, 7) is 2.81. The zero-order valence-corrected chi connectivity index (χ0v) is 10.7. The molecule has 84 valence electrons. The van der Waals surface area contributed by atoms with Crippen molar-refractivity contribution in [3.05, 3.63) is 35.9 Å². The number of hydrogen-bond acceptors (Lipinski definition) is 3. The molecule has 16 heavy (non-hydrogen) atoms. The average Bonchev–Trinajstić information content (AvgIpc) is 2.62. The van der Waals surface area contributed by atoms with Gasteiger partial charge in [0.25, 0.3) is 0 Å². The molecule has 0 radical (unpaired) electrons. The van der Waals surface area contributed by atoms with Crippen LogP contribution in [-0.4, -0.2) is 27.4 Å². The van der Waals surface area contributed by atoms with Crippen LogP contribution in [0.15, 0.2) is 30.3 Å². The third kappa shape index (κ3) is 2.44. The van der Waals surface area contributed by atoms with Gasteiger partial charge in [0.2, 0.25) is 5.91 Å². The van der Waals surface area contributed by atoms with Crippen LogP contribution >= 0.6 is 24.0 Å². The first-order valence-corrected chi connectivity index (χ1v) is 6.60. The van der Waals surface area contributed by atoms with Crippen molar-refractivity contribution < 1.29 is 4.79 Å². The standard InChI is InChI=1S/C12H13NOS2/c1-9(10-5-3-2-4-6-10)7-13-11(14)8-16-12(13)15/h2-6,9H,7-8H2,1H3. The fourth-order valence-corrected chi connectivity index (χ4v) is 2.81. The first-order chi connectivity index (χ1) is 7.68. The summed E-state index contributed by atoms with van der Waals surface area (Å²) in [6, 6.07) is 10.2. The van der Waals surface area contributed by atoms with Gasteiger partial charge < -0.3 is 0 Å². The van der Waals surface area contributed by atoms with Crippen LogP contribution in [-0.2, 0) is 4.79 Å². The SMILES string of the molecule is CC(CN1C(=O)CSC1=S)c1ccccc1. The molecule has 1 aliphatic heterocycles. The predicted octanol–water partition coefficient (Wildman–Crippen LogP) is 2.65. The summed E-state index contributed by atoms with van der Waals surface area (Å²) in [6.07, 6.45) is 0. The van der Waals surface area contributed by atoms with Crippen molar-refractivity contribution in [3.8, 4) is 0 Å². The molecule has 1 aromatic carbocycles. The molecule has 1 atom stereocenters. The van der Waals surface area contributed by atoms with Crippen LogP contribution in [0.3, 0.4) is 0 Å². The molecule has 1 heterocycles. The summed E-state index contributed by atoms with van der Waals surface area (Å²) >= 11 is 6.61. The average molecular weight is 251 g/mol. The van der Waals surface area contributed by atoms with Gasteiger partial charge in [0.15, 0.2) is 0 Å². The van der Waals surface area contributed by atoms with E-state index in [0.29, 0.717) is 22.5 Å². The van der Waals surface area contributed by atoms with E-state index in [1.807, 2.05) is 18.2 Å². The molecule has 1 aliphatic rings. The Morgan fingerprint density at radius 3 is 2.69 bits per heavy atom. The van der Waals surface area contributed by atoms with Crippen LogP contribution in [0.4, 0.5) is 0 Å². The number of thiocarbonyl (C=S) groups is 1. The fourth-order valence-electron chi connectivity index (χ4n) is 1.72. The third-order valence-corrected chi connectivity index (χ3v) is 4.10. The number of thioether (sulfide) groups is 1. The molecule has 0 bridgehead atoms. The molecule has 1 aromatic rings. The van der Waals surface area contributed by atoms with Crippen LogP contribution in [0.25, 0.3) is 0 Å². The Bertz CT molecular complexity index is 389. The zero-order valence-electron chi connectivity index (χ0n) is 9.05. The molecule has 0 N–H and O–H groups in total. The first-order valence-electron chi connectivity index (χ1n) is 5.20. The van der Waals surface area contributed by atoms with Gasteiger partial charge in [0, 0.05) is 6.54 Å². The van der Waals surface area contributed by atoms with Crippen molar-refractivity contribution >= 4 is 34.2 Å². The maximum absolute atomic E-state index is 11.6. The third-order valence-electron chi connectivity index (χ3n) is 2.67. The number of rotatable bonds is 3. The van der Waals surface area contributed by atoms with Gasteiger partial charge in [-0.15, -0.1) is 0 Å². The van der Waals surface area contributed by atoms with Gasteiger partial charge in [-0.25, -0.2) is 0 Å². The largest absolute Gasteiger partial charge is 0.296 e. The number of carbonyl (C=O) groups excluding carboxylic acids is 1. The maximum Gasteiger partial charge on any atom is 0.238 e. The molecule has 0 aliphatic carbocycles. The van der Waals surface area contributed by atoms with E-state index >= 15 is 0 Å². The maximum atomic E-state index is 11.6. The molecule has 4 heteroatoms. The topological polar surface area (TPSA) is 20.3 Å². The normalized spacial score (nSPS) is 17.9. The highest BCUT2D eigenvalue weighted by Gasteiger charge is 2.27. The van der Waals surface area contributed by atoms with E-state index in [-0.39, 0.29) is 5.91 Å². The number of amides is 1. The monoisotopic (exact) mass is 251 g/mol. The number of carbonyl (C=O) groups is 1. The van der Waals surface area contributed by atoms with Crippen molar-refractivity contribution in [1.82, 2.24) is 4.90 Å². The summed E-state index contributed by atoms with van der Waals surface area (Å²) in [5.74, 6) is 0.958. The Labute approximate surface area is 105 Å². The fraction of sp³-hybridized carbons (Fsp3) is 0.333. The second kappa shape index (κ2) is 4.97. The molecular formula is C12H13NOS2. The van der Waals surface area contributed by atoms with Gasteiger partial charge in [0.1, 0.15) is 4.32 Å². The Morgan fingerprint density at radius 2 is 2.12 bits per heavy atom. The molecule has 2 nitrogen and oxygen atoms in total. The van der Waals surface area contributed by atoms with Gasteiger partial charge in [-0.2, -0.15) is 0 Å². The Kier molecular flexibility index (Phi) is 3.61. The predicted molar refractivity (Wildman–Crippen MR) is 71.6 cm³/mol. The minimum Gasteiger partial charge on any atom is -0.296 e. The van der Waals surface area contributed by atoms with E-state index in [0.717, 1.165) is 0 Å². The second-order valence-electron chi connectivity index (χ2n) is 3.87. The smallest absolute Gasteiger partial charge is 0.238 e. The van der Waals surface area contributed by atoms with Crippen molar-refractivity contribution in [1.29, 1.82) is 0 Å². The van der Waals surface area contributed by atoms with Crippen molar-refractivity contribution in [2.24, 2.45) is 0 Å². The highest BCUT2D eigenvalue weighted by molar-refractivity contribution is 8.23. The summed E-state index contributed by atoms with van der Waals surface area (Å²) in [7, 11) is 0. The van der Waals surface area contributed by atoms with Crippen LogP contribution in [0, 0.1) is 0 Å². The highest BCUT2D eigenvalue weighted by Crippen LogP contribution is 2.24. The van der Waals surface area contributed by atoms with Crippen LogP contribution in [0.5, 0.6) is 0 Å². The summed E-state index contributed by atoms with van der Waals surface area (Å²) in [4.78, 5) is 13.3. The van der Waals surface area contributed by atoms with E-state index in [1.54, 1.807) is 4.90 Å². The quantitative estimate of drug-likeness (QED) is 0.770.